The highest BCUT2D eigenvalue weighted by Gasteiger charge is 2.07. The van der Waals surface area contributed by atoms with Crippen molar-refractivity contribution in [2.24, 2.45) is 0 Å². The molecule has 2 aromatic heterocycles. The lowest BCUT2D eigenvalue weighted by Crippen LogP contribution is -2.09. The van der Waals surface area contributed by atoms with Crippen molar-refractivity contribution >= 4 is 68.2 Å². The molecule has 2 heterocycles. The molecule has 0 fully saturated rings. The van der Waals surface area contributed by atoms with Crippen molar-refractivity contribution in [1.82, 2.24) is 0 Å². The van der Waals surface area contributed by atoms with Gasteiger partial charge in [0.1, 0.15) is 6.26 Å². The predicted octanol–water partition coefficient (Wildman–Crippen LogP) is 25.4. The number of anilines is 10. The number of furan rings is 1. The molecule has 0 saturated heterocycles. The van der Waals surface area contributed by atoms with Gasteiger partial charge >= 0.3 is 0 Å². The molecule has 0 bridgehead atoms. The Morgan fingerprint density at radius 2 is 0.518 bits per heavy atom. The minimum absolute atomic E-state index is 0. The van der Waals surface area contributed by atoms with E-state index in [1.165, 1.54) is 84.4 Å². The second-order valence-electron chi connectivity index (χ2n) is 18.9. The van der Waals surface area contributed by atoms with E-state index in [0.717, 1.165) is 11.4 Å². The molecule has 10 aromatic rings. The van der Waals surface area contributed by atoms with E-state index >= 15 is 0 Å². The summed E-state index contributed by atoms with van der Waals surface area (Å²) >= 11 is 1.72. The first-order chi connectivity index (χ1) is 36.1. The zero-order valence-corrected chi connectivity index (χ0v) is 46.9. The first kappa shape index (κ1) is 85.5. The van der Waals surface area contributed by atoms with E-state index in [-0.39, 0.29) is 74.3 Å². The van der Waals surface area contributed by atoms with Crippen LogP contribution in [0, 0.1) is 48.5 Å². The molecule has 0 aliphatic carbocycles. The van der Waals surface area contributed by atoms with Crippen LogP contribution in [-0.4, -0.2) is 35.2 Å². The van der Waals surface area contributed by atoms with E-state index < -0.39 is 0 Å². The van der Waals surface area contributed by atoms with Crippen molar-refractivity contribution in [3.8, 4) is 0 Å². The molecule has 0 spiro atoms. The highest BCUT2D eigenvalue weighted by atomic mass is 32.1. The SMILES string of the molecule is C.C.C.C.C.C.C.C.C.C.Cc1ccc(N(C)c2ccc(C)cc2)cc1.Cc1ccc(N(C)c2cccc(C)c2)cc1.Cc1ccc(N(C)c2ccccc2)cc1.Cc1ccc(N(C)c2ccoc2)cc1.Cc1ccc(N(C)c2ccsc2)cc1. The summed E-state index contributed by atoms with van der Waals surface area (Å²) in [7, 11) is 10.4. The maximum Gasteiger partial charge on any atom is 0.114 e. The van der Waals surface area contributed by atoms with Crippen molar-refractivity contribution in [2.75, 3.05) is 59.7 Å². The van der Waals surface area contributed by atoms with E-state index in [9.17, 15) is 0 Å². The Hall–Kier alpha value is -8.26. The normalized spacial score (nSPS) is 8.94. The molecule has 0 N–H and O–H groups in total. The highest BCUT2D eigenvalue weighted by molar-refractivity contribution is 7.08. The maximum absolute atomic E-state index is 5.04. The molecular weight excluding hydrogens is 1050 g/mol. The summed E-state index contributed by atoms with van der Waals surface area (Å²) in [6, 6.07) is 74.2. The second-order valence-corrected chi connectivity index (χ2v) is 19.7. The van der Waals surface area contributed by atoms with Crippen molar-refractivity contribution in [2.45, 2.75) is 123 Å². The summed E-state index contributed by atoms with van der Waals surface area (Å²) in [6.45, 7) is 14.7. The lowest BCUT2D eigenvalue weighted by atomic mass is 10.2. The molecule has 0 atom stereocenters. The third-order valence-electron chi connectivity index (χ3n) is 12.8. The minimum atomic E-state index is 0. The number of benzene rings is 8. The van der Waals surface area contributed by atoms with Crippen LogP contribution in [-0.2, 0) is 0 Å². The fourth-order valence-electron chi connectivity index (χ4n) is 7.74. The zero-order valence-electron chi connectivity index (χ0n) is 46.1. The summed E-state index contributed by atoms with van der Waals surface area (Å²) < 4.78 is 5.04. The Morgan fingerprint density at radius 3 is 0.788 bits per heavy atom. The highest BCUT2D eigenvalue weighted by Crippen LogP contribution is 2.28. The van der Waals surface area contributed by atoms with Gasteiger partial charge in [-0.05, 0) is 163 Å². The van der Waals surface area contributed by atoms with Gasteiger partial charge in [-0.1, -0.05) is 211 Å². The fourth-order valence-corrected chi connectivity index (χ4v) is 8.41. The van der Waals surface area contributed by atoms with Crippen LogP contribution in [0.3, 0.4) is 0 Å². The summed E-state index contributed by atoms with van der Waals surface area (Å²) in [4.78, 5) is 10.9. The lowest BCUT2D eigenvalue weighted by molar-refractivity contribution is 0.567. The largest absolute Gasteiger partial charge is 0.470 e. The Bertz CT molecular complexity index is 3010. The van der Waals surface area contributed by atoms with Crippen LogP contribution in [0.15, 0.2) is 240 Å². The van der Waals surface area contributed by atoms with Crippen LogP contribution in [0.1, 0.15) is 113 Å². The lowest BCUT2D eigenvalue weighted by Gasteiger charge is -2.20. The van der Waals surface area contributed by atoms with E-state index in [4.69, 9.17) is 4.42 Å². The van der Waals surface area contributed by atoms with Gasteiger partial charge in [-0.3, -0.25) is 0 Å². The standard InChI is InChI=1S/2C15H17N.C14H15N.C12H13NO.C12H13NS.10CH4/c1-12-4-8-14(9-5-12)16(3)15-10-6-13(2)7-11-15;1-12-7-9-14(10-8-12)16(3)15-6-4-5-13(2)11-15;1-12-8-10-14(11-9-12)15(2)13-6-4-3-5-7-13;2*1-10-3-5-11(6-4-10)13(2)12-7-8-14-9-12;;;;;;;;;;/h2*4-11H,1-3H3;3-11H,1-2H3;2*3-9H,1-2H3;10*1H4. The van der Waals surface area contributed by atoms with Crippen molar-refractivity contribution < 1.29 is 4.42 Å². The molecule has 464 valence electrons. The third kappa shape index (κ3) is 26.9. The molecule has 0 unspecified atom stereocenters. The minimum Gasteiger partial charge on any atom is -0.470 e. The van der Waals surface area contributed by atoms with Gasteiger partial charge in [-0.25, -0.2) is 0 Å². The van der Waals surface area contributed by atoms with Crippen LogP contribution < -0.4 is 24.5 Å². The van der Waals surface area contributed by atoms with Gasteiger partial charge in [-0.15, -0.1) is 0 Å². The average molecular weight is 1170 g/mol. The van der Waals surface area contributed by atoms with Crippen LogP contribution in [0.4, 0.5) is 56.9 Å². The average Bonchev–Trinajstić information content (AvgIpc) is 4.29. The van der Waals surface area contributed by atoms with E-state index in [2.05, 4.69) is 312 Å². The molecule has 7 heteroatoms. The number of rotatable bonds is 10. The second kappa shape index (κ2) is 43.4. The van der Waals surface area contributed by atoms with Gasteiger partial charge < -0.3 is 28.9 Å². The van der Waals surface area contributed by atoms with Gasteiger partial charge in [0.15, 0.2) is 0 Å². The molecule has 0 radical (unpaired) electrons. The molecule has 10 rings (SSSR count). The number of hydrogen-bond donors (Lipinski definition) is 0. The monoisotopic (exact) mass is 1170 g/mol. The predicted molar refractivity (Wildman–Crippen MR) is 395 cm³/mol. The van der Waals surface area contributed by atoms with Crippen molar-refractivity contribution in [1.29, 1.82) is 0 Å². The molecule has 85 heavy (non-hydrogen) atoms. The molecular formula is C78H115N5OS. The van der Waals surface area contributed by atoms with Gasteiger partial charge in [0.05, 0.1) is 17.6 Å². The smallest absolute Gasteiger partial charge is 0.114 e. The number of para-hydroxylation sites is 1. The molecule has 0 aliphatic heterocycles. The molecule has 6 nitrogen and oxygen atoms in total. The first-order valence-corrected chi connectivity index (χ1v) is 26.3. The maximum atomic E-state index is 5.04. The Labute approximate surface area is 526 Å². The Kier molecular flexibility index (Phi) is 43.7. The number of thiophene rings is 1. The summed E-state index contributed by atoms with van der Waals surface area (Å²) in [5.41, 5.74) is 21.0. The van der Waals surface area contributed by atoms with Crippen LogP contribution >= 0.6 is 11.3 Å². The van der Waals surface area contributed by atoms with Gasteiger partial charge in [-0.2, -0.15) is 11.3 Å². The fraction of sp³-hybridized carbons (Fsp3) is 0.282. The first-order valence-electron chi connectivity index (χ1n) is 25.4. The van der Waals surface area contributed by atoms with E-state index in [1.807, 2.05) is 19.2 Å². The molecule has 0 amide bonds. The quantitative estimate of drug-likeness (QED) is 0.136. The number of nitrogens with zero attached hydrogens (tertiary/aromatic N) is 5. The van der Waals surface area contributed by atoms with Gasteiger partial charge in [0, 0.05) is 92.2 Å². The van der Waals surface area contributed by atoms with Crippen LogP contribution in [0.5, 0.6) is 0 Å². The molecule has 0 aliphatic rings. The zero-order chi connectivity index (χ0) is 53.7. The van der Waals surface area contributed by atoms with Crippen LogP contribution in [0.2, 0.25) is 0 Å². The Morgan fingerprint density at radius 1 is 0.247 bits per heavy atom. The third-order valence-corrected chi connectivity index (χ3v) is 13.5. The van der Waals surface area contributed by atoms with E-state index in [0.29, 0.717) is 0 Å². The van der Waals surface area contributed by atoms with Gasteiger partial charge in [0.25, 0.3) is 0 Å². The van der Waals surface area contributed by atoms with Crippen molar-refractivity contribution in [3.05, 3.63) is 275 Å². The summed E-state index contributed by atoms with van der Waals surface area (Å²) in [5.74, 6) is 0. The topological polar surface area (TPSA) is 29.3 Å². The van der Waals surface area contributed by atoms with E-state index in [1.54, 1.807) is 23.9 Å². The summed E-state index contributed by atoms with van der Waals surface area (Å²) in [5, 5.41) is 4.25. The number of aryl methyl sites for hydroxylation is 7. The van der Waals surface area contributed by atoms with Gasteiger partial charge in [0.2, 0.25) is 0 Å². The van der Waals surface area contributed by atoms with Crippen molar-refractivity contribution in [3.63, 3.8) is 0 Å². The Balaban J connectivity index is -0.000000305. The number of hydrogen-bond acceptors (Lipinski definition) is 7. The summed E-state index contributed by atoms with van der Waals surface area (Å²) in [6.07, 6.45) is 3.42. The molecule has 8 aromatic carbocycles. The molecule has 0 saturated carbocycles. The van der Waals surface area contributed by atoms with Crippen LogP contribution in [0.25, 0.3) is 0 Å².